The van der Waals surface area contributed by atoms with Crippen molar-refractivity contribution in [2.75, 3.05) is 20.0 Å². The number of fused-ring (bicyclic) bond motifs is 3. The molecule has 3 N–H and O–H groups in total. The maximum absolute atomic E-state index is 9.80. The minimum atomic E-state index is -0.515. The molecule has 0 saturated carbocycles. The molecule has 7 rings (SSSR count). The van der Waals surface area contributed by atoms with Crippen molar-refractivity contribution in [1.82, 2.24) is 14.5 Å². The summed E-state index contributed by atoms with van der Waals surface area (Å²) in [5, 5.41) is 11.9. The Balaban J connectivity index is 0.000000183. The number of ether oxygens (including phenoxy) is 2. The average molecular weight is 569 g/mol. The molecule has 43 heavy (non-hydrogen) atoms. The van der Waals surface area contributed by atoms with Crippen molar-refractivity contribution in [3.8, 4) is 28.3 Å². The number of rotatable bonds is 5. The number of hydrogen-bond donors (Lipinski definition) is 2. The van der Waals surface area contributed by atoms with Crippen LogP contribution in [-0.4, -0.2) is 33.9 Å². The SMILES string of the molecule is COc1cccc(-c2cccc(-n3cnc4cc([C@@H](C)O)ccc43)c2)c1OC.Nc1c2ccccc2nc2ccccc12. The lowest BCUT2D eigenvalue weighted by Crippen LogP contribution is -1.96. The highest BCUT2D eigenvalue weighted by Crippen LogP contribution is 2.38. The Morgan fingerprint density at radius 2 is 1.44 bits per heavy atom. The molecule has 0 amide bonds. The fraction of sp³-hybridized carbons (Fsp3) is 0.111. The van der Waals surface area contributed by atoms with Crippen LogP contribution in [0.5, 0.6) is 11.5 Å². The minimum Gasteiger partial charge on any atom is -0.493 e. The number of nitrogen functional groups attached to an aromatic ring is 1. The van der Waals surface area contributed by atoms with E-state index in [9.17, 15) is 5.11 Å². The van der Waals surface area contributed by atoms with Gasteiger partial charge in [0.05, 0.1) is 48.1 Å². The van der Waals surface area contributed by atoms with Crippen molar-refractivity contribution in [2.24, 2.45) is 0 Å². The molecule has 2 aromatic heterocycles. The zero-order valence-corrected chi connectivity index (χ0v) is 24.2. The van der Waals surface area contributed by atoms with Crippen molar-refractivity contribution in [3.63, 3.8) is 0 Å². The topological polar surface area (TPSA) is 95.4 Å². The molecule has 0 bridgehead atoms. The molecule has 0 unspecified atom stereocenters. The number of aromatic nitrogens is 3. The highest BCUT2D eigenvalue weighted by atomic mass is 16.5. The van der Waals surface area contributed by atoms with Gasteiger partial charge in [-0.3, -0.25) is 4.57 Å². The second-order valence-electron chi connectivity index (χ2n) is 10.2. The van der Waals surface area contributed by atoms with E-state index in [0.717, 1.165) is 60.9 Å². The molecule has 7 nitrogen and oxygen atoms in total. The Morgan fingerprint density at radius 1 is 0.744 bits per heavy atom. The van der Waals surface area contributed by atoms with Gasteiger partial charge < -0.3 is 20.3 Å². The third kappa shape index (κ3) is 5.34. The second kappa shape index (κ2) is 11.8. The molecule has 0 aliphatic carbocycles. The number of imidazole rings is 1. The zero-order chi connectivity index (χ0) is 29.9. The molecule has 0 fully saturated rings. The van der Waals surface area contributed by atoms with E-state index in [0.29, 0.717) is 11.5 Å². The van der Waals surface area contributed by atoms with Gasteiger partial charge in [0.2, 0.25) is 0 Å². The molecule has 0 radical (unpaired) electrons. The van der Waals surface area contributed by atoms with Gasteiger partial charge in [0.1, 0.15) is 6.33 Å². The van der Waals surface area contributed by atoms with E-state index in [1.54, 1.807) is 27.5 Å². The lowest BCUT2D eigenvalue weighted by Gasteiger charge is -2.14. The summed E-state index contributed by atoms with van der Waals surface area (Å²) in [4.78, 5) is 9.07. The first-order valence-corrected chi connectivity index (χ1v) is 14.0. The molecule has 5 aromatic carbocycles. The molecule has 1 atom stereocenters. The van der Waals surface area contributed by atoms with Gasteiger partial charge in [-0.05, 0) is 60.5 Å². The summed E-state index contributed by atoms with van der Waals surface area (Å²) in [5.41, 5.74) is 14.5. The van der Waals surface area contributed by atoms with Crippen LogP contribution in [0.15, 0.2) is 116 Å². The molecule has 7 heteroatoms. The van der Waals surface area contributed by atoms with Gasteiger partial charge >= 0.3 is 0 Å². The lowest BCUT2D eigenvalue weighted by atomic mass is 10.0. The summed E-state index contributed by atoms with van der Waals surface area (Å²) in [6.45, 7) is 1.75. The maximum atomic E-state index is 9.80. The number of aliphatic hydroxyl groups is 1. The van der Waals surface area contributed by atoms with Crippen LogP contribution in [0.4, 0.5) is 5.69 Å². The van der Waals surface area contributed by atoms with Crippen LogP contribution in [0.2, 0.25) is 0 Å². The summed E-state index contributed by atoms with van der Waals surface area (Å²) in [6, 6.07) is 35.8. The molecule has 214 valence electrons. The first kappa shape index (κ1) is 27.8. The summed E-state index contributed by atoms with van der Waals surface area (Å²) in [6.07, 6.45) is 1.29. The smallest absolute Gasteiger partial charge is 0.168 e. The van der Waals surface area contributed by atoms with Crippen LogP contribution in [-0.2, 0) is 0 Å². The molecular formula is C36H32N4O3. The fourth-order valence-electron chi connectivity index (χ4n) is 5.31. The Bertz CT molecular complexity index is 2010. The van der Waals surface area contributed by atoms with Crippen molar-refractivity contribution >= 4 is 38.5 Å². The number of pyridine rings is 1. The number of para-hydroxylation sites is 3. The zero-order valence-electron chi connectivity index (χ0n) is 24.2. The number of methoxy groups -OCH3 is 2. The van der Waals surface area contributed by atoms with E-state index in [4.69, 9.17) is 15.2 Å². The van der Waals surface area contributed by atoms with Gasteiger partial charge in [0, 0.05) is 22.0 Å². The van der Waals surface area contributed by atoms with E-state index in [1.165, 1.54) is 0 Å². The Labute approximate surface area is 249 Å². The van der Waals surface area contributed by atoms with Crippen molar-refractivity contribution < 1.29 is 14.6 Å². The van der Waals surface area contributed by atoms with E-state index < -0.39 is 6.10 Å². The van der Waals surface area contributed by atoms with E-state index >= 15 is 0 Å². The van der Waals surface area contributed by atoms with Gasteiger partial charge in [0.15, 0.2) is 11.5 Å². The van der Waals surface area contributed by atoms with Gasteiger partial charge in [-0.15, -0.1) is 0 Å². The molecule has 2 heterocycles. The molecule has 0 saturated heterocycles. The Hall–Kier alpha value is -5.40. The molecular weight excluding hydrogens is 536 g/mol. The van der Waals surface area contributed by atoms with Crippen molar-refractivity contribution in [2.45, 2.75) is 13.0 Å². The van der Waals surface area contributed by atoms with E-state index in [1.807, 2.05) is 108 Å². The van der Waals surface area contributed by atoms with Crippen molar-refractivity contribution in [3.05, 3.63) is 121 Å². The lowest BCUT2D eigenvalue weighted by molar-refractivity contribution is 0.199. The van der Waals surface area contributed by atoms with Gasteiger partial charge in [0.25, 0.3) is 0 Å². The average Bonchev–Trinajstić information content (AvgIpc) is 3.48. The van der Waals surface area contributed by atoms with Crippen LogP contribution in [0, 0.1) is 0 Å². The normalized spacial score (nSPS) is 11.7. The van der Waals surface area contributed by atoms with Gasteiger partial charge in [-0.25, -0.2) is 9.97 Å². The Kier molecular flexibility index (Phi) is 7.64. The molecule has 0 aliphatic heterocycles. The van der Waals surface area contributed by atoms with Crippen molar-refractivity contribution in [1.29, 1.82) is 0 Å². The quantitative estimate of drug-likeness (QED) is 0.206. The number of benzene rings is 5. The standard InChI is InChI=1S/C23H22N2O3.C13H10N2/c1-15(26)16-10-11-21-20(13-16)24-14-25(21)18-7-4-6-17(12-18)19-8-5-9-22(27-2)23(19)28-3;14-13-9-5-1-3-7-11(9)15-12-8-4-2-6-10(12)13/h4-15,26H,1-3H3;1-8H,(H2,14,15)/t15-;/m1./s1. The molecule has 0 spiro atoms. The van der Waals surface area contributed by atoms with Crippen LogP contribution >= 0.6 is 0 Å². The third-order valence-electron chi connectivity index (χ3n) is 7.52. The highest BCUT2D eigenvalue weighted by molar-refractivity contribution is 6.06. The second-order valence-corrected chi connectivity index (χ2v) is 10.2. The third-order valence-corrected chi connectivity index (χ3v) is 7.52. The predicted molar refractivity (Wildman–Crippen MR) is 174 cm³/mol. The monoisotopic (exact) mass is 568 g/mol. The van der Waals surface area contributed by atoms with Crippen LogP contribution < -0.4 is 15.2 Å². The summed E-state index contributed by atoms with van der Waals surface area (Å²) in [7, 11) is 3.28. The minimum absolute atomic E-state index is 0.515. The summed E-state index contributed by atoms with van der Waals surface area (Å²) < 4.78 is 13.1. The van der Waals surface area contributed by atoms with Gasteiger partial charge in [-0.1, -0.05) is 66.7 Å². The summed E-state index contributed by atoms with van der Waals surface area (Å²) in [5.74, 6) is 1.41. The number of anilines is 1. The number of aliphatic hydroxyl groups excluding tert-OH is 1. The van der Waals surface area contributed by atoms with Crippen LogP contribution in [0.3, 0.4) is 0 Å². The predicted octanol–water partition coefficient (Wildman–Crippen LogP) is 7.73. The van der Waals surface area contributed by atoms with E-state index in [-0.39, 0.29) is 0 Å². The van der Waals surface area contributed by atoms with Crippen LogP contribution in [0.25, 0.3) is 49.7 Å². The number of hydrogen-bond acceptors (Lipinski definition) is 6. The highest BCUT2D eigenvalue weighted by Gasteiger charge is 2.13. The first-order chi connectivity index (χ1) is 21.0. The van der Waals surface area contributed by atoms with E-state index in [2.05, 4.69) is 16.0 Å². The first-order valence-electron chi connectivity index (χ1n) is 14.0. The van der Waals surface area contributed by atoms with Crippen LogP contribution in [0.1, 0.15) is 18.6 Å². The molecule has 0 aliphatic rings. The Morgan fingerprint density at radius 3 is 2.12 bits per heavy atom. The fourth-order valence-corrected chi connectivity index (χ4v) is 5.31. The maximum Gasteiger partial charge on any atom is 0.168 e. The number of nitrogens with two attached hydrogens (primary N) is 1. The largest absolute Gasteiger partial charge is 0.493 e. The van der Waals surface area contributed by atoms with Gasteiger partial charge in [-0.2, -0.15) is 0 Å². The summed E-state index contributed by atoms with van der Waals surface area (Å²) >= 11 is 0. The molecule has 7 aromatic rings. The number of nitrogens with zero attached hydrogens (tertiary/aromatic N) is 3.